The lowest BCUT2D eigenvalue weighted by Crippen LogP contribution is -2.26. The molecule has 2 heterocycles. The van der Waals surface area contributed by atoms with Gasteiger partial charge in [-0.2, -0.15) is 0 Å². The molecular weight excluding hydrogens is 362 g/mol. The Morgan fingerprint density at radius 3 is 2.24 bits per heavy atom. The second kappa shape index (κ2) is 8.05. The van der Waals surface area contributed by atoms with Crippen LogP contribution in [0.3, 0.4) is 0 Å². The van der Waals surface area contributed by atoms with Gasteiger partial charge >= 0.3 is 0 Å². The fourth-order valence-corrected chi connectivity index (χ4v) is 4.37. The Labute approximate surface area is 173 Å². The number of carbonyl (C=O) groups excluding carboxylic acids is 2. The maximum Gasteiger partial charge on any atom is 0.251 e. The van der Waals surface area contributed by atoms with Crippen LogP contribution in [0.5, 0.6) is 0 Å². The minimum absolute atomic E-state index is 0.0783. The Hall–Kier alpha value is -2.56. The normalized spacial score (nSPS) is 14.7. The molecule has 0 aliphatic carbocycles. The fourth-order valence-electron chi connectivity index (χ4n) is 4.37. The van der Waals surface area contributed by atoms with Gasteiger partial charge in [0.2, 0.25) is 5.91 Å². The van der Waals surface area contributed by atoms with Crippen LogP contribution >= 0.6 is 0 Å². The third kappa shape index (κ3) is 4.24. The molecule has 5 nitrogen and oxygen atoms in total. The molecule has 1 saturated heterocycles. The van der Waals surface area contributed by atoms with Gasteiger partial charge in [-0.05, 0) is 43.2 Å². The number of amides is 2. The van der Waals surface area contributed by atoms with Crippen LogP contribution in [0, 0.1) is 13.8 Å². The molecule has 1 aromatic heterocycles. The van der Waals surface area contributed by atoms with Gasteiger partial charge in [-0.15, -0.1) is 0 Å². The van der Waals surface area contributed by atoms with Crippen LogP contribution in [0.25, 0.3) is 11.1 Å². The molecule has 0 atom stereocenters. The zero-order valence-electron chi connectivity index (χ0n) is 18.3. The summed E-state index contributed by atoms with van der Waals surface area (Å²) in [7, 11) is 0. The van der Waals surface area contributed by atoms with Gasteiger partial charge in [-0.1, -0.05) is 45.0 Å². The Morgan fingerprint density at radius 2 is 1.72 bits per heavy atom. The van der Waals surface area contributed by atoms with E-state index in [1.54, 1.807) is 0 Å². The summed E-state index contributed by atoms with van der Waals surface area (Å²) in [6.07, 6.45) is 2.49. The van der Waals surface area contributed by atoms with E-state index in [1.165, 1.54) is 5.56 Å². The Bertz CT molecular complexity index is 917. The molecule has 0 radical (unpaired) electrons. The molecule has 5 heteroatoms. The molecule has 156 valence electrons. The molecule has 0 unspecified atom stereocenters. The van der Waals surface area contributed by atoms with Crippen molar-refractivity contribution in [2.75, 3.05) is 13.1 Å². The van der Waals surface area contributed by atoms with Crippen LogP contribution in [-0.2, 0) is 16.8 Å². The molecular formula is C24H33N3O2. The van der Waals surface area contributed by atoms with Crippen molar-refractivity contribution in [3.05, 3.63) is 46.8 Å². The largest absolute Gasteiger partial charge is 0.366 e. The number of nitrogens with zero attached hydrogens (tertiary/aromatic N) is 2. The summed E-state index contributed by atoms with van der Waals surface area (Å²) >= 11 is 0. The van der Waals surface area contributed by atoms with Crippen LogP contribution < -0.4 is 5.73 Å². The Kier molecular flexibility index (Phi) is 5.87. The van der Waals surface area contributed by atoms with Crippen molar-refractivity contribution >= 4 is 11.8 Å². The van der Waals surface area contributed by atoms with Gasteiger partial charge in [0, 0.05) is 43.0 Å². The molecule has 1 aliphatic heterocycles. The predicted molar refractivity (Wildman–Crippen MR) is 117 cm³/mol. The lowest BCUT2D eigenvalue weighted by Gasteiger charge is -2.19. The summed E-state index contributed by atoms with van der Waals surface area (Å²) in [5.41, 5.74) is 11.6. The van der Waals surface area contributed by atoms with Crippen molar-refractivity contribution < 1.29 is 9.59 Å². The standard InChI is InChI=1S/C24H33N3O2/c1-16-21(18-9-11-19(12-10-18)24(3,4)5)22(23(25)29)17(2)27(16)15-7-14-26-13-6-8-20(26)28/h9-12H,6-8,13-15H2,1-5H3,(H2,25,29). The van der Waals surface area contributed by atoms with Gasteiger partial charge in [-0.3, -0.25) is 9.59 Å². The SMILES string of the molecule is Cc1c(C(N)=O)c(-c2ccc(C(C)(C)C)cc2)c(C)n1CCCN1CCCC1=O. The van der Waals surface area contributed by atoms with Gasteiger partial charge in [0.05, 0.1) is 5.56 Å². The van der Waals surface area contributed by atoms with Crippen molar-refractivity contribution in [1.82, 2.24) is 9.47 Å². The first-order chi connectivity index (χ1) is 13.6. The highest BCUT2D eigenvalue weighted by Crippen LogP contribution is 2.34. The Morgan fingerprint density at radius 1 is 1.07 bits per heavy atom. The zero-order chi connectivity index (χ0) is 21.3. The van der Waals surface area contributed by atoms with Crippen LogP contribution in [0.1, 0.15) is 67.3 Å². The van der Waals surface area contributed by atoms with Crippen LogP contribution in [0.4, 0.5) is 0 Å². The zero-order valence-corrected chi connectivity index (χ0v) is 18.3. The topological polar surface area (TPSA) is 68.3 Å². The average Bonchev–Trinajstić information content (AvgIpc) is 3.16. The number of hydrogen-bond acceptors (Lipinski definition) is 2. The van der Waals surface area contributed by atoms with Gasteiger partial charge in [0.25, 0.3) is 5.91 Å². The van der Waals surface area contributed by atoms with Crippen molar-refractivity contribution in [2.45, 2.75) is 65.8 Å². The fraction of sp³-hybridized carbons (Fsp3) is 0.500. The number of likely N-dealkylation sites (tertiary alicyclic amines) is 1. The first-order valence-corrected chi connectivity index (χ1v) is 10.5. The monoisotopic (exact) mass is 395 g/mol. The molecule has 0 saturated carbocycles. The van der Waals surface area contributed by atoms with Crippen LogP contribution in [0.2, 0.25) is 0 Å². The number of primary amides is 1. The van der Waals surface area contributed by atoms with E-state index in [2.05, 4.69) is 49.6 Å². The van der Waals surface area contributed by atoms with Crippen molar-refractivity contribution in [3.8, 4) is 11.1 Å². The number of nitrogens with two attached hydrogens (primary N) is 1. The summed E-state index contributed by atoms with van der Waals surface area (Å²) in [6.45, 7) is 13.0. The van der Waals surface area contributed by atoms with Crippen molar-refractivity contribution in [2.24, 2.45) is 5.73 Å². The Balaban J connectivity index is 1.90. The number of aromatic nitrogens is 1. The van der Waals surface area contributed by atoms with E-state index in [1.807, 2.05) is 18.7 Å². The minimum Gasteiger partial charge on any atom is -0.366 e. The minimum atomic E-state index is -0.394. The molecule has 29 heavy (non-hydrogen) atoms. The number of hydrogen-bond donors (Lipinski definition) is 1. The van der Waals surface area contributed by atoms with Gasteiger partial charge in [0.15, 0.2) is 0 Å². The second-order valence-electron chi connectivity index (χ2n) is 9.10. The summed E-state index contributed by atoms with van der Waals surface area (Å²) in [5, 5.41) is 0. The van der Waals surface area contributed by atoms with E-state index in [9.17, 15) is 9.59 Å². The van der Waals surface area contributed by atoms with E-state index >= 15 is 0 Å². The molecule has 2 amide bonds. The van der Waals surface area contributed by atoms with Crippen LogP contribution in [0.15, 0.2) is 24.3 Å². The smallest absolute Gasteiger partial charge is 0.251 e. The highest BCUT2D eigenvalue weighted by molar-refractivity contribution is 6.02. The number of benzene rings is 1. The maximum atomic E-state index is 12.3. The molecule has 2 aromatic rings. The summed E-state index contributed by atoms with van der Waals surface area (Å²) < 4.78 is 2.17. The molecule has 1 aliphatic rings. The summed E-state index contributed by atoms with van der Waals surface area (Å²) in [5.74, 6) is -0.141. The highest BCUT2D eigenvalue weighted by Gasteiger charge is 2.24. The quantitative estimate of drug-likeness (QED) is 0.797. The van der Waals surface area contributed by atoms with E-state index in [0.29, 0.717) is 12.0 Å². The lowest BCUT2D eigenvalue weighted by molar-refractivity contribution is -0.127. The maximum absolute atomic E-state index is 12.3. The molecule has 0 bridgehead atoms. The summed E-state index contributed by atoms with van der Waals surface area (Å²) in [6, 6.07) is 8.43. The predicted octanol–water partition coefficient (Wildman–Crippen LogP) is 4.18. The highest BCUT2D eigenvalue weighted by atomic mass is 16.2. The molecule has 0 spiro atoms. The first-order valence-electron chi connectivity index (χ1n) is 10.5. The number of rotatable bonds is 6. The van der Waals surface area contributed by atoms with Gasteiger partial charge in [-0.25, -0.2) is 0 Å². The third-order valence-corrected chi connectivity index (χ3v) is 6.05. The van der Waals surface area contributed by atoms with E-state index in [4.69, 9.17) is 5.73 Å². The third-order valence-electron chi connectivity index (χ3n) is 6.05. The first kappa shape index (κ1) is 21.2. The molecule has 3 rings (SSSR count). The van der Waals surface area contributed by atoms with Gasteiger partial charge in [0.1, 0.15) is 0 Å². The van der Waals surface area contributed by atoms with Crippen molar-refractivity contribution in [1.29, 1.82) is 0 Å². The van der Waals surface area contributed by atoms with Gasteiger partial charge < -0.3 is 15.2 Å². The summed E-state index contributed by atoms with van der Waals surface area (Å²) in [4.78, 5) is 26.1. The average molecular weight is 396 g/mol. The van der Waals surface area contributed by atoms with Crippen LogP contribution in [-0.4, -0.2) is 34.4 Å². The van der Waals surface area contributed by atoms with E-state index in [-0.39, 0.29) is 11.3 Å². The molecule has 2 N–H and O–H groups in total. The lowest BCUT2D eigenvalue weighted by atomic mass is 9.86. The molecule has 1 fully saturated rings. The molecule has 1 aromatic carbocycles. The van der Waals surface area contributed by atoms with E-state index < -0.39 is 5.91 Å². The van der Waals surface area contributed by atoms with E-state index in [0.717, 1.165) is 55.0 Å². The number of carbonyl (C=O) groups is 2. The second-order valence-corrected chi connectivity index (χ2v) is 9.10. The van der Waals surface area contributed by atoms with Crippen molar-refractivity contribution in [3.63, 3.8) is 0 Å².